The second-order valence-electron chi connectivity index (χ2n) is 3.83. The number of hydrogen-bond acceptors (Lipinski definition) is 2. The van der Waals surface area contributed by atoms with Crippen LogP contribution in [0.15, 0.2) is 24.3 Å². The van der Waals surface area contributed by atoms with E-state index in [2.05, 4.69) is 37.4 Å². The fourth-order valence-corrected chi connectivity index (χ4v) is 1.50. The third kappa shape index (κ3) is 3.48. The lowest BCUT2D eigenvalue weighted by Gasteiger charge is -2.10. The zero-order valence-electron chi connectivity index (χ0n) is 9.09. The van der Waals surface area contributed by atoms with Crippen molar-refractivity contribution >= 4 is 0 Å². The van der Waals surface area contributed by atoms with Gasteiger partial charge in [-0.15, -0.1) is 0 Å². The van der Waals surface area contributed by atoms with Crippen molar-refractivity contribution in [3.8, 4) is 0 Å². The van der Waals surface area contributed by atoms with Crippen LogP contribution in [0, 0.1) is 0 Å². The first kappa shape index (κ1) is 11.2. The van der Waals surface area contributed by atoms with Gasteiger partial charge in [-0.05, 0) is 24.1 Å². The Morgan fingerprint density at radius 3 is 2.43 bits per heavy atom. The molecular weight excluding hydrogens is 172 g/mol. The fourth-order valence-electron chi connectivity index (χ4n) is 1.50. The molecule has 14 heavy (non-hydrogen) atoms. The molecule has 1 aromatic carbocycles. The molecular formula is C12H20N2. The van der Waals surface area contributed by atoms with Crippen LogP contribution in [0.5, 0.6) is 0 Å². The summed E-state index contributed by atoms with van der Waals surface area (Å²) in [4.78, 5) is 0. The van der Waals surface area contributed by atoms with E-state index in [1.54, 1.807) is 0 Å². The van der Waals surface area contributed by atoms with Gasteiger partial charge < -0.3 is 11.1 Å². The third-order valence-corrected chi connectivity index (χ3v) is 2.29. The molecule has 0 aliphatic carbocycles. The monoisotopic (exact) mass is 192 g/mol. The van der Waals surface area contributed by atoms with Crippen molar-refractivity contribution in [1.29, 1.82) is 0 Å². The molecule has 0 unspecified atom stereocenters. The Hall–Kier alpha value is -0.860. The van der Waals surface area contributed by atoms with Crippen molar-refractivity contribution in [3.63, 3.8) is 0 Å². The topological polar surface area (TPSA) is 38.0 Å². The molecule has 0 amide bonds. The molecule has 0 atom stereocenters. The zero-order valence-corrected chi connectivity index (χ0v) is 9.09. The highest BCUT2D eigenvalue weighted by molar-refractivity contribution is 5.27. The molecule has 0 saturated carbocycles. The summed E-state index contributed by atoms with van der Waals surface area (Å²) < 4.78 is 0. The average Bonchev–Trinajstić information content (AvgIpc) is 2.18. The van der Waals surface area contributed by atoms with E-state index in [0.29, 0.717) is 12.6 Å². The second kappa shape index (κ2) is 5.78. The van der Waals surface area contributed by atoms with Crippen LogP contribution < -0.4 is 11.1 Å². The van der Waals surface area contributed by atoms with E-state index < -0.39 is 0 Å². The molecule has 0 spiro atoms. The summed E-state index contributed by atoms with van der Waals surface area (Å²) in [6.45, 7) is 5.98. The minimum absolute atomic E-state index is 0.556. The van der Waals surface area contributed by atoms with Gasteiger partial charge in [0.15, 0.2) is 0 Å². The van der Waals surface area contributed by atoms with Crippen LogP contribution >= 0.6 is 0 Å². The summed E-state index contributed by atoms with van der Waals surface area (Å²) in [5.41, 5.74) is 8.29. The number of hydrogen-bond donors (Lipinski definition) is 2. The molecule has 0 fully saturated rings. The molecule has 2 heteroatoms. The van der Waals surface area contributed by atoms with Crippen molar-refractivity contribution in [1.82, 2.24) is 5.32 Å². The maximum absolute atomic E-state index is 5.66. The van der Waals surface area contributed by atoms with E-state index in [1.165, 1.54) is 11.1 Å². The van der Waals surface area contributed by atoms with E-state index in [4.69, 9.17) is 5.73 Å². The first-order valence-corrected chi connectivity index (χ1v) is 5.24. The van der Waals surface area contributed by atoms with Gasteiger partial charge in [-0.1, -0.05) is 38.1 Å². The molecule has 0 bridgehead atoms. The van der Waals surface area contributed by atoms with Gasteiger partial charge in [-0.2, -0.15) is 0 Å². The molecule has 0 saturated heterocycles. The van der Waals surface area contributed by atoms with Gasteiger partial charge in [-0.3, -0.25) is 0 Å². The van der Waals surface area contributed by atoms with Crippen LogP contribution in [0.2, 0.25) is 0 Å². The van der Waals surface area contributed by atoms with E-state index in [9.17, 15) is 0 Å². The lowest BCUT2D eigenvalue weighted by Crippen LogP contribution is -2.25. The van der Waals surface area contributed by atoms with Crippen LogP contribution in [0.3, 0.4) is 0 Å². The predicted octanol–water partition coefficient (Wildman–Crippen LogP) is 1.69. The van der Waals surface area contributed by atoms with Gasteiger partial charge in [-0.25, -0.2) is 0 Å². The Balaban J connectivity index is 2.49. The Bertz CT molecular complexity index is 269. The second-order valence-corrected chi connectivity index (χ2v) is 3.83. The van der Waals surface area contributed by atoms with Gasteiger partial charge in [0.2, 0.25) is 0 Å². The third-order valence-electron chi connectivity index (χ3n) is 2.29. The minimum atomic E-state index is 0.556. The summed E-state index contributed by atoms with van der Waals surface area (Å²) in [7, 11) is 0. The fraction of sp³-hybridized carbons (Fsp3) is 0.500. The molecule has 0 heterocycles. The first-order chi connectivity index (χ1) is 6.74. The lowest BCUT2D eigenvalue weighted by molar-refractivity contribution is 0.589. The Morgan fingerprint density at radius 2 is 1.86 bits per heavy atom. The van der Waals surface area contributed by atoms with Gasteiger partial charge >= 0.3 is 0 Å². The largest absolute Gasteiger partial charge is 0.326 e. The van der Waals surface area contributed by atoms with Crippen molar-refractivity contribution in [2.45, 2.75) is 32.9 Å². The smallest absolute Gasteiger partial charge is 0.0180 e. The molecule has 1 aromatic rings. The molecule has 0 aliphatic rings. The van der Waals surface area contributed by atoms with Crippen LogP contribution in [0.4, 0.5) is 0 Å². The maximum Gasteiger partial charge on any atom is 0.0180 e. The number of nitrogens with two attached hydrogens (primary N) is 1. The van der Waals surface area contributed by atoms with Crippen LogP contribution in [0.25, 0.3) is 0 Å². The van der Waals surface area contributed by atoms with Gasteiger partial charge in [0.05, 0.1) is 0 Å². The van der Waals surface area contributed by atoms with Crippen molar-refractivity contribution in [2.24, 2.45) is 5.73 Å². The molecule has 1 rings (SSSR count). The van der Waals surface area contributed by atoms with Crippen molar-refractivity contribution in [2.75, 3.05) is 6.54 Å². The number of rotatable bonds is 5. The summed E-state index contributed by atoms with van der Waals surface area (Å²) in [5, 5.41) is 3.40. The molecule has 0 aromatic heterocycles. The maximum atomic E-state index is 5.66. The van der Waals surface area contributed by atoms with Crippen LogP contribution in [-0.2, 0) is 13.0 Å². The number of nitrogens with one attached hydrogen (secondary N) is 1. The highest BCUT2D eigenvalue weighted by Crippen LogP contribution is 2.07. The SMILES string of the molecule is CC(C)NCCc1ccccc1CN. The molecule has 2 nitrogen and oxygen atoms in total. The highest BCUT2D eigenvalue weighted by atomic mass is 14.9. The van der Waals surface area contributed by atoms with E-state index in [-0.39, 0.29) is 0 Å². The van der Waals surface area contributed by atoms with E-state index in [1.807, 2.05) is 6.07 Å². The lowest BCUT2D eigenvalue weighted by atomic mass is 10.0. The minimum Gasteiger partial charge on any atom is -0.326 e. The first-order valence-electron chi connectivity index (χ1n) is 5.24. The summed E-state index contributed by atoms with van der Waals surface area (Å²) >= 11 is 0. The van der Waals surface area contributed by atoms with Gasteiger partial charge in [0.25, 0.3) is 0 Å². The summed E-state index contributed by atoms with van der Waals surface area (Å²) in [6, 6.07) is 8.93. The molecule has 78 valence electrons. The molecule has 3 N–H and O–H groups in total. The Kier molecular flexibility index (Phi) is 4.63. The normalized spacial score (nSPS) is 10.9. The predicted molar refractivity (Wildman–Crippen MR) is 61.2 cm³/mol. The summed E-state index contributed by atoms with van der Waals surface area (Å²) in [6.07, 6.45) is 1.06. The average molecular weight is 192 g/mol. The summed E-state index contributed by atoms with van der Waals surface area (Å²) in [5.74, 6) is 0. The van der Waals surface area contributed by atoms with E-state index >= 15 is 0 Å². The molecule has 0 aliphatic heterocycles. The number of benzene rings is 1. The van der Waals surface area contributed by atoms with Gasteiger partial charge in [0.1, 0.15) is 0 Å². The van der Waals surface area contributed by atoms with E-state index in [0.717, 1.165) is 13.0 Å². The highest BCUT2D eigenvalue weighted by Gasteiger charge is 1.99. The van der Waals surface area contributed by atoms with Crippen LogP contribution in [0.1, 0.15) is 25.0 Å². The Morgan fingerprint density at radius 1 is 1.21 bits per heavy atom. The van der Waals surface area contributed by atoms with Crippen molar-refractivity contribution in [3.05, 3.63) is 35.4 Å². The standard InChI is InChI=1S/C12H20N2/c1-10(2)14-8-7-11-5-3-4-6-12(11)9-13/h3-6,10,14H,7-9,13H2,1-2H3. The zero-order chi connectivity index (χ0) is 10.4. The van der Waals surface area contributed by atoms with Gasteiger partial charge in [0, 0.05) is 12.6 Å². The quantitative estimate of drug-likeness (QED) is 0.745. The van der Waals surface area contributed by atoms with Crippen molar-refractivity contribution < 1.29 is 0 Å². The Labute approximate surface area is 86.5 Å². The molecule has 0 radical (unpaired) electrons. The van der Waals surface area contributed by atoms with Crippen LogP contribution in [-0.4, -0.2) is 12.6 Å².